The van der Waals surface area contributed by atoms with Crippen LogP contribution in [0.3, 0.4) is 0 Å². The van der Waals surface area contributed by atoms with Gasteiger partial charge in [-0.1, -0.05) is 30.3 Å². The molecule has 1 aliphatic rings. The molecule has 1 heterocycles. The first kappa shape index (κ1) is 27.2. The second-order valence-corrected chi connectivity index (χ2v) is 9.68. The van der Waals surface area contributed by atoms with Crippen LogP contribution in [-0.4, -0.2) is 27.4 Å². The molecule has 0 bridgehead atoms. The predicted molar refractivity (Wildman–Crippen MR) is 131 cm³/mol. The van der Waals surface area contributed by atoms with E-state index >= 15 is 0 Å². The van der Waals surface area contributed by atoms with E-state index in [-0.39, 0.29) is 22.4 Å². The van der Waals surface area contributed by atoms with Crippen LogP contribution in [0.25, 0.3) is 0 Å². The number of nitrogens with zero attached hydrogens (tertiary/aromatic N) is 3. The second-order valence-electron chi connectivity index (χ2n) is 9.68. The third-order valence-corrected chi connectivity index (χ3v) is 6.09. The molecule has 0 aliphatic carbocycles. The van der Waals surface area contributed by atoms with Gasteiger partial charge < -0.3 is 4.74 Å². The van der Waals surface area contributed by atoms with Crippen LogP contribution in [0.2, 0.25) is 0 Å². The summed E-state index contributed by atoms with van der Waals surface area (Å²) in [5.74, 6) is -1.06. The van der Waals surface area contributed by atoms with Gasteiger partial charge in [0.05, 0.1) is 32.7 Å². The molecule has 0 saturated heterocycles. The number of anilines is 1. The maximum Gasteiger partial charge on any atom is 0.421 e. The van der Waals surface area contributed by atoms with Crippen LogP contribution in [-0.2, 0) is 21.1 Å². The van der Waals surface area contributed by atoms with Gasteiger partial charge in [-0.25, -0.2) is 9.69 Å². The summed E-state index contributed by atoms with van der Waals surface area (Å²) >= 11 is 0. The lowest BCUT2D eigenvalue weighted by Gasteiger charge is -2.30. The summed E-state index contributed by atoms with van der Waals surface area (Å²) in [5.41, 5.74) is -6.27. The Hall–Kier alpha value is -4.81. The number of non-ortho nitro benzene ring substituents is 1. The quantitative estimate of drug-likeness (QED) is 0.285. The van der Waals surface area contributed by atoms with Crippen molar-refractivity contribution in [3.05, 3.63) is 109 Å². The van der Waals surface area contributed by atoms with Crippen LogP contribution in [0.5, 0.6) is 0 Å². The SMILES string of the molecule is CC(C)(C)OC(=O)N1C(=O)[C@](c2ccc(C(F)(F)F)cc2)(c2ccc([N+](=O)[O-])cc2[N+](=O)[O-])c2ccccc21. The standard InChI is InChI=1S/C26H20F3N3O7/c1-24(2,3)39-23(34)30-20-7-5-4-6-18(20)25(22(30)33,15-8-10-16(11-9-15)26(27,28)29)19-13-12-17(31(35)36)14-21(19)32(37)38/h4-14H,1-3H3/t25-/m0/s1. The summed E-state index contributed by atoms with van der Waals surface area (Å²) in [6.45, 7) is 4.67. The maximum atomic E-state index is 14.3. The van der Waals surface area contributed by atoms with E-state index in [1.165, 1.54) is 24.3 Å². The van der Waals surface area contributed by atoms with Crippen molar-refractivity contribution in [1.82, 2.24) is 0 Å². The Bertz CT molecular complexity index is 1510. The third-order valence-electron chi connectivity index (χ3n) is 6.09. The number of para-hydroxylation sites is 1. The molecule has 1 aliphatic heterocycles. The minimum atomic E-state index is -4.72. The summed E-state index contributed by atoms with van der Waals surface area (Å²) in [7, 11) is 0. The van der Waals surface area contributed by atoms with Gasteiger partial charge in [0.2, 0.25) is 0 Å². The minimum absolute atomic E-state index is 0.00991. The number of alkyl halides is 3. The van der Waals surface area contributed by atoms with E-state index in [2.05, 4.69) is 0 Å². The number of nitro benzene ring substituents is 2. The molecule has 0 unspecified atom stereocenters. The minimum Gasteiger partial charge on any atom is -0.443 e. The average Bonchev–Trinajstić information content (AvgIpc) is 3.10. The topological polar surface area (TPSA) is 133 Å². The first-order chi connectivity index (χ1) is 18.1. The van der Waals surface area contributed by atoms with E-state index in [1.807, 2.05) is 0 Å². The molecule has 202 valence electrons. The lowest BCUT2D eigenvalue weighted by atomic mass is 9.69. The Morgan fingerprint density at radius 2 is 1.51 bits per heavy atom. The molecule has 0 saturated carbocycles. The maximum absolute atomic E-state index is 14.3. The number of hydrogen-bond acceptors (Lipinski definition) is 7. The number of imide groups is 1. The summed E-state index contributed by atoms with van der Waals surface area (Å²) in [4.78, 5) is 50.0. The highest BCUT2D eigenvalue weighted by atomic mass is 19.4. The third kappa shape index (κ3) is 4.56. The zero-order valence-electron chi connectivity index (χ0n) is 20.7. The fourth-order valence-electron chi connectivity index (χ4n) is 4.57. The Morgan fingerprint density at radius 3 is 2.05 bits per heavy atom. The number of carbonyl (C=O) groups is 2. The number of nitro groups is 2. The number of ether oxygens (including phenoxy) is 1. The summed E-state index contributed by atoms with van der Waals surface area (Å²) in [5, 5.41) is 23.5. The zero-order chi connectivity index (χ0) is 28.9. The van der Waals surface area contributed by atoms with Crippen LogP contribution in [0.15, 0.2) is 66.7 Å². The molecule has 0 aromatic heterocycles. The van der Waals surface area contributed by atoms with Gasteiger partial charge in [-0.3, -0.25) is 25.0 Å². The monoisotopic (exact) mass is 543 g/mol. The number of rotatable bonds is 4. The van der Waals surface area contributed by atoms with E-state index in [9.17, 15) is 43.0 Å². The molecule has 10 nitrogen and oxygen atoms in total. The number of amides is 2. The number of benzene rings is 3. The van der Waals surface area contributed by atoms with Gasteiger partial charge in [0, 0.05) is 11.6 Å². The van der Waals surface area contributed by atoms with Crippen LogP contribution in [0.4, 0.5) is 35.0 Å². The molecular weight excluding hydrogens is 523 g/mol. The molecule has 0 fully saturated rings. The second kappa shape index (κ2) is 9.19. The summed E-state index contributed by atoms with van der Waals surface area (Å²) < 4.78 is 45.5. The highest BCUT2D eigenvalue weighted by Gasteiger charge is 2.58. The van der Waals surface area contributed by atoms with Gasteiger partial charge in [-0.05, 0) is 50.6 Å². The van der Waals surface area contributed by atoms with E-state index in [0.717, 1.165) is 24.3 Å². The normalized spacial score (nSPS) is 17.1. The zero-order valence-corrected chi connectivity index (χ0v) is 20.7. The van der Waals surface area contributed by atoms with Crippen molar-refractivity contribution >= 4 is 29.1 Å². The van der Waals surface area contributed by atoms with Crippen molar-refractivity contribution in [2.45, 2.75) is 38.0 Å². The Labute approximate surface area is 218 Å². The van der Waals surface area contributed by atoms with Crippen LogP contribution < -0.4 is 4.90 Å². The molecule has 3 aromatic carbocycles. The van der Waals surface area contributed by atoms with Crippen LogP contribution in [0, 0.1) is 20.2 Å². The lowest BCUT2D eigenvalue weighted by Crippen LogP contribution is -2.46. The van der Waals surface area contributed by atoms with Crippen molar-refractivity contribution < 1.29 is 37.3 Å². The molecule has 39 heavy (non-hydrogen) atoms. The van der Waals surface area contributed by atoms with E-state index < -0.39 is 56.0 Å². The van der Waals surface area contributed by atoms with Crippen LogP contribution in [0.1, 0.15) is 43.0 Å². The van der Waals surface area contributed by atoms with Crippen molar-refractivity contribution in [3.63, 3.8) is 0 Å². The van der Waals surface area contributed by atoms with E-state index in [4.69, 9.17) is 4.74 Å². The highest BCUT2D eigenvalue weighted by molar-refractivity contribution is 6.24. The number of carbonyl (C=O) groups excluding carboxylic acids is 2. The van der Waals surface area contributed by atoms with Gasteiger partial charge in [-0.15, -0.1) is 0 Å². The summed E-state index contributed by atoms with van der Waals surface area (Å²) in [6, 6.07) is 11.8. The Morgan fingerprint density at radius 1 is 0.897 bits per heavy atom. The van der Waals surface area contributed by atoms with Gasteiger partial charge in [0.25, 0.3) is 17.3 Å². The van der Waals surface area contributed by atoms with Crippen molar-refractivity contribution in [2.24, 2.45) is 0 Å². The fourth-order valence-corrected chi connectivity index (χ4v) is 4.57. The molecule has 0 N–H and O–H groups in total. The van der Waals surface area contributed by atoms with Crippen molar-refractivity contribution in [2.75, 3.05) is 4.90 Å². The van der Waals surface area contributed by atoms with E-state index in [1.54, 1.807) is 20.8 Å². The van der Waals surface area contributed by atoms with Crippen molar-refractivity contribution in [1.29, 1.82) is 0 Å². The Kier molecular flexibility index (Phi) is 6.41. The van der Waals surface area contributed by atoms with Crippen LogP contribution >= 0.6 is 0 Å². The number of halogens is 3. The first-order valence-electron chi connectivity index (χ1n) is 11.4. The van der Waals surface area contributed by atoms with Gasteiger partial charge in [-0.2, -0.15) is 13.2 Å². The Balaban J connectivity index is 2.10. The highest BCUT2D eigenvalue weighted by Crippen LogP contribution is 2.53. The lowest BCUT2D eigenvalue weighted by molar-refractivity contribution is -0.394. The number of fused-ring (bicyclic) bond motifs is 1. The van der Waals surface area contributed by atoms with Crippen molar-refractivity contribution in [3.8, 4) is 0 Å². The molecule has 0 radical (unpaired) electrons. The molecule has 0 spiro atoms. The first-order valence-corrected chi connectivity index (χ1v) is 11.4. The smallest absolute Gasteiger partial charge is 0.421 e. The largest absolute Gasteiger partial charge is 0.443 e. The molecular formula is C26H20F3N3O7. The van der Waals surface area contributed by atoms with E-state index in [0.29, 0.717) is 23.1 Å². The summed E-state index contributed by atoms with van der Waals surface area (Å²) in [6.07, 6.45) is -5.83. The predicted octanol–water partition coefficient (Wildman–Crippen LogP) is 6.14. The molecule has 4 rings (SSSR count). The van der Waals surface area contributed by atoms with Gasteiger partial charge >= 0.3 is 12.3 Å². The van der Waals surface area contributed by atoms with Gasteiger partial charge in [0.15, 0.2) is 0 Å². The average molecular weight is 543 g/mol. The molecule has 3 aromatic rings. The number of hydrogen-bond donors (Lipinski definition) is 0. The molecule has 1 atom stereocenters. The fraction of sp³-hybridized carbons (Fsp3) is 0.231. The molecule has 13 heteroatoms. The molecule has 2 amide bonds. The van der Waals surface area contributed by atoms with Gasteiger partial charge in [0.1, 0.15) is 11.0 Å².